The van der Waals surface area contributed by atoms with Gasteiger partial charge in [0.25, 0.3) is 0 Å². The number of nitrogens with one attached hydrogen (secondary N) is 1. The van der Waals surface area contributed by atoms with Crippen molar-refractivity contribution in [3.63, 3.8) is 0 Å². The van der Waals surface area contributed by atoms with Crippen molar-refractivity contribution in [3.8, 4) is 0 Å². The van der Waals surface area contributed by atoms with Crippen molar-refractivity contribution in [1.82, 2.24) is 9.88 Å². The maximum atomic E-state index is 13.8. The van der Waals surface area contributed by atoms with Crippen LogP contribution in [-0.2, 0) is 4.74 Å². The Kier molecular flexibility index (Phi) is 4.08. The number of H-pyrrole nitrogens is 1. The largest absolute Gasteiger partial charge is 0.379 e. The molecule has 0 bridgehead atoms. The van der Waals surface area contributed by atoms with E-state index >= 15 is 0 Å². The monoisotopic (exact) mass is 324 g/mol. The molecule has 0 spiro atoms. The Balaban J connectivity index is 1.84. The molecular weight excluding hydrogens is 303 g/mol. The van der Waals surface area contributed by atoms with Gasteiger partial charge in [0.2, 0.25) is 0 Å². The second kappa shape index (κ2) is 6.38. The van der Waals surface area contributed by atoms with Crippen LogP contribution >= 0.6 is 0 Å². The van der Waals surface area contributed by atoms with Crippen LogP contribution in [0, 0.1) is 12.7 Å². The molecule has 1 aliphatic rings. The van der Waals surface area contributed by atoms with Gasteiger partial charge in [0.15, 0.2) is 0 Å². The van der Waals surface area contributed by atoms with E-state index in [1.54, 1.807) is 12.1 Å². The fraction of sp³-hybridized carbons (Fsp3) is 0.300. The van der Waals surface area contributed by atoms with Gasteiger partial charge in [0.1, 0.15) is 5.82 Å². The van der Waals surface area contributed by atoms with Gasteiger partial charge in [0, 0.05) is 30.2 Å². The van der Waals surface area contributed by atoms with Gasteiger partial charge < -0.3 is 9.72 Å². The number of nitrogens with zero attached hydrogens (tertiary/aromatic N) is 1. The van der Waals surface area contributed by atoms with Crippen molar-refractivity contribution < 1.29 is 9.13 Å². The lowest BCUT2D eigenvalue weighted by atomic mass is 9.95. The van der Waals surface area contributed by atoms with E-state index in [0.717, 1.165) is 42.8 Å². The van der Waals surface area contributed by atoms with Crippen LogP contribution in [0.1, 0.15) is 22.7 Å². The molecule has 3 nitrogen and oxygen atoms in total. The summed E-state index contributed by atoms with van der Waals surface area (Å²) in [7, 11) is 0. The highest BCUT2D eigenvalue weighted by atomic mass is 19.1. The first-order chi connectivity index (χ1) is 11.7. The zero-order valence-corrected chi connectivity index (χ0v) is 13.8. The molecule has 24 heavy (non-hydrogen) atoms. The van der Waals surface area contributed by atoms with Crippen LogP contribution in [0.3, 0.4) is 0 Å². The Hall–Kier alpha value is -2.17. The third-order valence-electron chi connectivity index (χ3n) is 4.77. The molecule has 124 valence electrons. The number of hydrogen-bond donors (Lipinski definition) is 1. The van der Waals surface area contributed by atoms with Crippen LogP contribution in [0.5, 0.6) is 0 Å². The molecule has 1 atom stereocenters. The fourth-order valence-electron chi connectivity index (χ4n) is 3.51. The number of benzene rings is 2. The smallest absolute Gasteiger partial charge is 0.123 e. The Morgan fingerprint density at radius 1 is 1.08 bits per heavy atom. The van der Waals surface area contributed by atoms with Crippen LogP contribution in [0.2, 0.25) is 0 Å². The van der Waals surface area contributed by atoms with Crippen LogP contribution in [0.25, 0.3) is 10.9 Å². The Bertz CT molecular complexity index is 834. The van der Waals surface area contributed by atoms with Crippen LogP contribution in [-0.4, -0.2) is 36.2 Å². The number of aryl methyl sites for hydroxylation is 1. The SMILES string of the molecule is Cc1ccc(C(c2c[nH]c3ccc(F)cc23)N2CCOCC2)cc1. The maximum absolute atomic E-state index is 13.8. The zero-order valence-electron chi connectivity index (χ0n) is 13.8. The molecule has 0 radical (unpaired) electrons. The van der Waals surface area contributed by atoms with Gasteiger partial charge in [-0.3, -0.25) is 4.90 Å². The minimum absolute atomic E-state index is 0.102. The minimum Gasteiger partial charge on any atom is -0.379 e. The third kappa shape index (κ3) is 2.83. The molecule has 3 aromatic rings. The van der Waals surface area contributed by atoms with E-state index in [2.05, 4.69) is 41.1 Å². The highest BCUT2D eigenvalue weighted by molar-refractivity contribution is 5.84. The average Bonchev–Trinajstić information content (AvgIpc) is 3.01. The van der Waals surface area contributed by atoms with Gasteiger partial charge in [-0.15, -0.1) is 0 Å². The number of fused-ring (bicyclic) bond motifs is 1. The van der Waals surface area contributed by atoms with E-state index in [0.29, 0.717) is 0 Å². The summed E-state index contributed by atoms with van der Waals surface area (Å²) in [4.78, 5) is 5.71. The second-order valence-corrected chi connectivity index (χ2v) is 6.40. The number of morpholine rings is 1. The predicted molar refractivity (Wildman–Crippen MR) is 93.7 cm³/mol. The van der Waals surface area contributed by atoms with Crippen molar-refractivity contribution in [3.05, 3.63) is 71.2 Å². The molecule has 0 aliphatic carbocycles. The van der Waals surface area contributed by atoms with Crippen molar-refractivity contribution in [2.45, 2.75) is 13.0 Å². The van der Waals surface area contributed by atoms with Crippen LogP contribution in [0.15, 0.2) is 48.7 Å². The number of halogens is 1. The first-order valence-electron chi connectivity index (χ1n) is 8.37. The lowest BCUT2D eigenvalue weighted by molar-refractivity contribution is 0.0242. The highest BCUT2D eigenvalue weighted by Crippen LogP contribution is 2.34. The van der Waals surface area contributed by atoms with Gasteiger partial charge in [-0.25, -0.2) is 4.39 Å². The standard InChI is InChI=1S/C20H21FN2O/c1-14-2-4-15(5-3-14)20(23-8-10-24-11-9-23)18-13-22-19-7-6-16(21)12-17(18)19/h2-7,12-13,20,22H,8-11H2,1H3. The van der Waals surface area contributed by atoms with Gasteiger partial charge >= 0.3 is 0 Å². The van der Waals surface area contributed by atoms with Crippen molar-refractivity contribution in [2.24, 2.45) is 0 Å². The first kappa shape index (κ1) is 15.4. The molecule has 1 aromatic heterocycles. The Labute approximate surface area is 141 Å². The van der Waals surface area contributed by atoms with Crippen molar-refractivity contribution >= 4 is 10.9 Å². The van der Waals surface area contributed by atoms with E-state index in [9.17, 15) is 4.39 Å². The molecule has 1 aliphatic heterocycles. The molecule has 1 unspecified atom stereocenters. The number of ether oxygens (including phenoxy) is 1. The number of hydrogen-bond acceptors (Lipinski definition) is 2. The molecule has 1 fully saturated rings. The third-order valence-corrected chi connectivity index (χ3v) is 4.77. The molecule has 0 saturated carbocycles. The number of aromatic amines is 1. The average molecular weight is 324 g/mol. The number of aromatic nitrogens is 1. The summed E-state index contributed by atoms with van der Waals surface area (Å²) in [6.07, 6.45) is 2.02. The molecule has 4 heteroatoms. The lowest BCUT2D eigenvalue weighted by Crippen LogP contribution is -2.39. The van der Waals surface area contributed by atoms with Gasteiger partial charge in [0.05, 0.1) is 19.3 Å². The minimum atomic E-state index is -0.201. The van der Waals surface area contributed by atoms with E-state index in [1.807, 2.05) is 6.20 Å². The van der Waals surface area contributed by atoms with Gasteiger partial charge in [-0.2, -0.15) is 0 Å². The van der Waals surface area contributed by atoms with Crippen molar-refractivity contribution in [2.75, 3.05) is 26.3 Å². The van der Waals surface area contributed by atoms with Crippen LogP contribution in [0.4, 0.5) is 4.39 Å². The quantitative estimate of drug-likeness (QED) is 0.788. The zero-order chi connectivity index (χ0) is 16.5. The second-order valence-electron chi connectivity index (χ2n) is 6.40. The first-order valence-corrected chi connectivity index (χ1v) is 8.37. The maximum Gasteiger partial charge on any atom is 0.123 e. The molecule has 0 amide bonds. The van der Waals surface area contributed by atoms with Crippen molar-refractivity contribution in [1.29, 1.82) is 0 Å². The summed E-state index contributed by atoms with van der Waals surface area (Å²) in [5.74, 6) is -0.201. The van der Waals surface area contributed by atoms with E-state index in [-0.39, 0.29) is 11.9 Å². The predicted octanol–water partition coefficient (Wildman–Crippen LogP) is 4.04. The summed E-state index contributed by atoms with van der Waals surface area (Å²) in [5, 5.41) is 0.951. The summed E-state index contributed by atoms with van der Waals surface area (Å²) in [5.41, 5.74) is 4.56. The van der Waals surface area contributed by atoms with E-state index in [4.69, 9.17) is 4.74 Å². The summed E-state index contributed by atoms with van der Waals surface area (Å²) < 4.78 is 19.3. The lowest BCUT2D eigenvalue weighted by Gasteiger charge is -2.35. The van der Waals surface area contributed by atoms with E-state index in [1.165, 1.54) is 17.2 Å². The van der Waals surface area contributed by atoms with E-state index < -0.39 is 0 Å². The fourth-order valence-corrected chi connectivity index (χ4v) is 3.51. The Morgan fingerprint density at radius 2 is 1.83 bits per heavy atom. The summed E-state index contributed by atoms with van der Waals surface area (Å²) in [6.45, 7) is 5.31. The summed E-state index contributed by atoms with van der Waals surface area (Å²) in [6, 6.07) is 13.7. The van der Waals surface area contributed by atoms with Gasteiger partial charge in [-0.05, 0) is 36.2 Å². The Morgan fingerprint density at radius 3 is 2.58 bits per heavy atom. The molecule has 1 N–H and O–H groups in total. The molecule has 2 heterocycles. The molecular formula is C20H21FN2O. The number of rotatable bonds is 3. The van der Waals surface area contributed by atoms with Crippen LogP contribution < -0.4 is 0 Å². The molecule has 2 aromatic carbocycles. The topological polar surface area (TPSA) is 28.3 Å². The summed E-state index contributed by atoms with van der Waals surface area (Å²) >= 11 is 0. The van der Waals surface area contributed by atoms with Gasteiger partial charge in [-0.1, -0.05) is 29.8 Å². The highest BCUT2D eigenvalue weighted by Gasteiger charge is 2.26. The normalized spacial score (nSPS) is 17.2. The molecule has 4 rings (SSSR count). The molecule has 1 saturated heterocycles.